The summed E-state index contributed by atoms with van der Waals surface area (Å²) in [4.78, 5) is 12.8. The smallest absolute Gasteiger partial charge is 0.331 e. The lowest BCUT2D eigenvalue weighted by atomic mass is 9.96. The topological polar surface area (TPSA) is 234 Å². The summed E-state index contributed by atoms with van der Waals surface area (Å²) in [5.74, 6) is -2.39. The van der Waals surface area contributed by atoms with Crippen LogP contribution in [0.25, 0.3) is 6.08 Å². The van der Waals surface area contributed by atoms with Gasteiger partial charge in [-0.15, -0.1) is 0 Å². The summed E-state index contributed by atoms with van der Waals surface area (Å²) in [5.41, 5.74) is 0.795. The summed E-state index contributed by atoms with van der Waals surface area (Å²) in [6, 6.07) is 7.94. The van der Waals surface area contributed by atoms with Crippen LogP contribution in [0.4, 0.5) is 0 Å². The van der Waals surface area contributed by atoms with Gasteiger partial charge in [-0.25, -0.2) is 4.79 Å². The molecule has 15 heteroatoms. The normalized spacial score (nSPS) is 35.7. The lowest BCUT2D eigenvalue weighted by molar-refractivity contribution is -0.360. The van der Waals surface area contributed by atoms with Crippen molar-refractivity contribution < 1.29 is 74.1 Å². The Kier molecular flexibility index (Phi) is 9.59. The Morgan fingerprint density at radius 3 is 2.27 bits per heavy atom. The first-order valence-electron chi connectivity index (χ1n) is 13.8. The van der Waals surface area contributed by atoms with Crippen LogP contribution in [-0.2, 0) is 33.2 Å². The molecule has 0 aliphatic carbocycles. The van der Waals surface area contributed by atoms with E-state index in [0.29, 0.717) is 11.1 Å². The maximum absolute atomic E-state index is 12.8. The SMILES string of the molecule is C[C@@H]1O[C@@H](OC[C@H]2O[C@H]3OCC(c4ccc(O)c(O)c4)O[C@@H]3[C@@H](O)[C@@H]2OC(=O)/C=C/c2ccc(O)c(O)c2)[C@H](O)[C@H](O)[C@H]1O. The number of hydrogen-bond donors (Lipinski definition) is 8. The number of hydrogen-bond acceptors (Lipinski definition) is 15. The highest BCUT2D eigenvalue weighted by Gasteiger charge is 2.52. The quantitative estimate of drug-likeness (QED) is 0.111. The van der Waals surface area contributed by atoms with E-state index in [4.69, 9.17) is 28.4 Å². The van der Waals surface area contributed by atoms with Gasteiger partial charge in [-0.2, -0.15) is 0 Å². The van der Waals surface area contributed by atoms with E-state index in [1.807, 2.05) is 0 Å². The standard InChI is InChI=1S/C29H34O15/c1-12-22(35)23(36)24(37)28(41-12)39-11-20-26(44-21(34)7-3-13-2-5-15(30)17(32)8-13)25(38)27-29(43-20)40-10-19(42-27)14-4-6-16(31)18(33)9-14/h2-9,12,19-20,22-33,35-38H,10-11H2,1H3/b7-3+/t12-,19?,20+,22-,23+,24+,25-,26+,27+,28+,29+/m0/s1. The monoisotopic (exact) mass is 622 g/mol. The third-order valence-electron chi connectivity index (χ3n) is 7.62. The number of aliphatic hydroxyl groups is 4. The fraction of sp³-hybridized carbons (Fsp3) is 0.483. The molecule has 11 atom stereocenters. The van der Waals surface area contributed by atoms with Crippen LogP contribution < -0.4 is 0 Å². The van der Waals surface area contributed by atoms with Crippen molar-refractivity contribution in [2.24, 2.45) is 0 Å². The third kappa shape index (κ3) is 6.76. The molecule has 0 bridgehead atoms. The van der Waals surface area contributed by atoms with E-state index in [2.05, 4.69) is 0 Å². The van der Waals surface area contributed by atoms with Crippen molar-refractivity contribution in [3.63, 3.8) is 0 Å². The summed E-state index contributed by atoms with van der Waals surface area (Å²) < 4.78 is 34.4. The first-order chi connectivity index (χ1) is 20.9. The molecule has 0 saturated carbocycles. The van der Waals surface area contributed by atoms with E-state index in [1.165, 1.54) is 49.4 Å². The van der Waals surface area contributed by atoms with Gasteiger partial charge in [0.25, 0.3) is 0 Å². The third-order valence-corrected chi connectivity index (χ3v) is 7.62. The van der Waals surface area contributed by atoms with E-state index in [0.717, 1.165) is 6.08 Å². The number of fused-ring (bicyclic) bond motifs is 1. The summed E-state index contributed by atoms with van der Waals surface area (Å²) in [6.45, 7) is 0.984. The lowest BCUT2D eigenvalue weighted by Gasteiger charge is -2.47. The van der Waals surface area contributed by atoms with Gasteiger partial charge in [0.2, 0.25) is 0 Å². The molecule has 0 aromatic heterocycles. The number of esters is 1. The molecule has 1 unspecified atom stereocenters. The van der Waals surface area contributed by atoms with Crippen LogP contribution in [0.2, 0.25) is 0 Å². The van der Waals surface area contributed by atoms with Gasteiger partial charge in [0, 0.05) is 6.08 Å². The molecule has 3 aliphatic rings. The molecule has 44 heavy (non-hydrogen) atoms. The molecular formula is C29H34O15. The van der Waals surface area contributed by atoms with Gasteiger partial charge in [-0.1, -0.05) is 12.1 Å². The second-order valence-electron chi connectivity index (χ2n) is 10.7. The van der Waals surface area contributed by atoms with Crippen molar-refractivity contribution in [1.82, 2.24) is 0 Å². The minimum Gasteiger partial charge on any atom is -0.504 e. The fourth-order valence-corrected chi connectivity index (χ4v) is 5.10. The zero-order chi connectivity index (χ0) is 31.7. The highest BCUT2D eigenvalue weighted by molar-refractivity contribution is 5.87. The van der Waals surface area contributed by atoms with Crippen molar-refractivity contribution >= 4 is 12.0 Å². The molecule has 3 aliphatic heterocycles. The van der Waals surface area contributed by atoms with Crippen LogP contribution in [0, 0.1) is 0 Å². The zero-order valence-corrected chi connectivity index (χ0v) is 23.3. The molecule has 0 amide bonds. The van der Waals surface area contributed by atoms with E-state index < -0.39 is 85.8 Å². The predicted octanol–water partition coefficient (Wildman–Crippen LogP) is -0.479. The Morgan fingerprint density at radius 1 is 0.864 bits per heavy atom. The van der Waals surface area contributed by atoms with E-state index in [1.54, 1.807) is 0 Å². The highest BCUT2D eigenvalue weighted by Crippen LogP contribution is 2.37. The van der Waals surface area contributed by atoms with Crippen LogP contribution in [0.3, 0.4) is 0 Å². The summed E-state index contributed by atoms with van der Waals surface area (Å²) in [5, 5.41) is 80.5. The summed E-state index contributed by atoms with van der Waals surface area (Å²) in [6.07, 6.45) is -11.8. The Labute approximate surface area is 250 Å². The van der Waals surface area contributed by atoms with Gasteiger partial charge >= 0.3 is 5.97 Å². The van der Waals surface area contributed by atoms with Gasteiger partial charge in [0.15, 0.2) is 41.7 Å². The molecule has 5 rings (SSSR count). The fourth-order valence-electron chi connectivity index (χ4n) is 5.10. The van der Waals surface area contributed by atoms with Gasteiger partial charge in [0.05, 0.1) is 19.3 Å². The molecular weight excluding hydrogens is 588 g/mol. The minimum atomic E-state index is -1.62. The Bertz CT molecular complexity index is 1350. The summed E-state index contributed by atoms with van der Waals surface area (Å²) in [7, 11) is 0. The average Bonchev–Trinajstić information content (AvgIpc) is 3.00. The molecule has 0 spiro atoms. The molecule has 15 nitrogen and oxygen atoms in total. The highest BCUT2D eigenvalue weighted by atomic mass is 16.8. The molecule has 3 heterocycles. The molecule has 2 aromatic rings. The number of ether oxygens (including phenoxy) is 6. The maximum Gasteiger partial charge on any atom is 0.331 e. The zero-order valence-electron chi connectivity index (χ0n) is 23.3. The maximum atomic E-state index is 12.8. The second kappa shape index (κ2) is 13.2. The number of phenols is 4. The van der Waals surface area contributed by atoms with Crippen LogP contribution >= 0.6 is 0 Å². The molecule has 3 fully saturated rings. The largest absolute Gasteiger partial charge is 0.504 e. The number of aromatic hydroxyl groups is 4. The van der Waals surface area contributed by atoms with E-state index in [9.17, 15) is 45.6 Å². The van der Waals surface area contributed by atoms with Crippen LogP contribution in [0.1, 0.15) is 24.2 Å². The van der Waals surface area contributed by atoms with Gasteiger partial charge in [0.1, 0.15) is 42.7 Å². The van der Waals surface area contributed by atoms with Crippen molar-refractivity contribution in [2.45, 2.75) is 74.4 Å². The Balaban J connectivity index is 1.33. The van der Waals surface area contributed by atoms with Crippen molar-refractivity contribution in [2.75, 3.05) is 13.2 Å². The average molecular weight is 623 g/mol. The Morgan fingerprint density at radius 2 is 1.57 bits per heavy atom. The first kappa shape index (κ1) is 31.9. The van der Waals surface area contributed by atoms with Gasteiger partial charge in [-0.3, -0.25) is 0 Å². The number of rotatable bonds is 7. The number of carbonyl (C=O) groups is 1. The molecule has 8 N–H and O–H groups in total. The number of aliphatic hydroxyl groups excluding tert-OH is 4. The van der Waals surface area contributed by atoms with Gasteiger partial charge < -0.3 is 69.3 Å². The first-order valence-corrected chi connectivity index (χ1v) is 13.8. The number of benzene rings is 2. The molecule has 3 saturated heterocycles. The van der Waals surface area contributed by atoms with Crippen LogP contribution in [0.15, 0.2) is 42.5 Å². The number of phenolic OH excluding ortho intramolecular Hbond substituents is 4. The van der Waals surface area contributed by atoms with E-state index >= 15 is 0 Å². The molecule has 0 radical (unpaired) electrons. The van der Waals surface area contributed by atoms with E-state index in [-0.39, 0.29) is 23.9 Å². The minimum absolute atomic E-state index is 0.0651. The predicted molar refractivity (Wildman–Crippen MR) is 145 cm³/mol. The molecule has 240 valence electrons. The van der Waals surface area contributed by atoms with Gasteiger partial charge in [-0.05, 0) is 48.4 Å². The lowest BCUT2D eigenvalue weighted by Crippen LogP contribution is -2.64. The van der Waals surface area contributed by atoms with Crippen LogP contribution in [0.5, 0.6) is 23.0 Å². The second-order valence-corrected chi connectivity index (χ2v) is 10.7. The van der Waals surface area contributed by atoms with Crippen molar-refractivity contribution in [1.29, 1.82) is 0 Å². The van der Waals surface area contributed by atoms with Crippen molar-refractivity contribution in [3.05, 3.63) is 53.6 Å². The number of carbonyl (C=O) groups excluding carboxylic acids is 1. The summed E-state index contributed by atoms with van der Waals surface area (Å²) >= 11 is 0. The van der Waals surface area contributed by atoms with Crippen LogP contribution in [-0.4, -0.2) is 121 Å². The Hall–Kier alpha value is -3.51. The van der Waals surface area contributed by atoms with Crippen molar-refractivity contribution in [3.8, 4) is 23.0 Å². The molecule has 2 aromatic carbocycles.